The van der Waals surface area contributed by atoms with Crippen molar-refractivity contribution in [3.63, 3.8) is 0 Å². The van der Waals surface area contributed by atoms with Crippen molar-refractivity contribution in [3.05, 3.63) is 53.1 Å². The topological polar surface area (TPSA) is 76.7 Å². The fourth-order valence-corrected chi connectivity index (χ4v) is 2.69. The van der Waals surface area contributed by atoms with E-state index in [0.29, 0.717) is 40.1 Å². The van der Waals surface area contributed by atoms with Crippen LogP contribution in [-0.2, 0) is 9.59 Å². The Balaban J connectivity index is 2.09. The summed E-state index contributed by atoms with van der Waals surface area (Å²) in [5, 5.41) is 5.82. The maximum atomic E-state index is 12.2. The van der Waals surface area contributed by atoms with Gasteiger partial charge in [-0.1, -0.05) is 24.6 Å². The third kappa shape index (κ3) is 6.32. The average Bonchev–Trinajstić information content (AvgIpc) is 2.65. The molecule has 0 aliphatic heterocycles. The quantitative estimate of drug-likeness (QED) is 0.625. The number of nitrogens with one attached hydrogen (secondary N) is 2. The van der Waals surface area contributed by atoms with Crippen molar-refractivity contribution in [1.29, 1.82) is 0 Å². The van der Waals surface area contributed by atoms with Crippen molar-refractivity contribution in [2.45, 2.75) is 20.3 Å². The molecule has 148 valence electrons. The molecule has 0 spiro atoms. The number of carbonyl (C=O) groups is 2. The molecule has 2 amide bonds. The van der Waals surface area contributed by atoms with E-state index in [0.717, 1.165) is 6.42 Å². The molecule has 0 aromatic heterocycles. The molecular weight excluding hydrogens is 380 g/mol. The second-order valence-electron chi connectivity index (χ2n) is 5.97. The van der Waals surface area contributed by atoms with Crippen LogP contribution in [0.15, 0.2) is 42.5 Å². The number of rotatable bonds is 8. The average molecular weight is 403 g/mol. The zero-order valence-corrected chi connectivity index (χ0v) is 16.8. The SMILES string of the molecule is CCCOc1c(Cl)cc(/C=C/C(=O)Nc2cccc(NC(C)=O)c2)cc1OC. The smallest absolute Gasteiger partial charge is 0.248 e. The number of benzene rings is 2. The van der Waals surface area contributed by atoms with Gasteiger partial charge < -0.3 is 20.1 Å². The molecule has 28 heavy (non-hydrogen) atoms. The summed E-state index contributed by atoms with van der Waals surface area (Å²) >= 11 is 6.28. The number of halogens is 1. The van der Waals surface area contributed by atoms with Crippen LogP contribution < -0.4 is 20.1 Å². The van der Waals surface area contributed by atoms with Gasteiger partial charge in [-0.3, -0.25) is 9.59 Å². The summed E-state index contributed by atoms with van der Waals surface area (Å²) in [5.74, 6) is 0.494. The van der Waals surface area contributed by atoms with E-state index in [9.17, 15) is 9.59 Å². The second kappa shape index (κ2) is 10.4. The van der Waals surface area contributed by atoms with E-state index in [1.54, 1.807) is 42.5 Å². The molecule has 0 aliphatic carbocycles. The molecule has 0 bridgehead atoms. The van der Waals surface area contributed by atoms with Gasteiger partial charge in [-0.15, -0.1) is 0 Å². The van der Waals surface area contributed by atoms with Crippen molar-refractivity contribution in [3.8, 4) is 11.5 Å². The first kappa shape index (κ1) is 21.3. The molecule has 2 aromatic carbocycles. The van der Waals surface area contributed by atoms with Crippen LogP contribution in [0.2, 0.25) is 5.02 Å². The minimum absolute atomic E-state index is 0.180. The Morgan fingerprint density at radius 2 is 1.86 bits per heavy atom. The van der Waals surface area contributed by atoms with Gasteiger partial charge in [0, 0.05) is 24.4 Å². The van der Waals surface area contributed by atoms with Crippen LogP contribution in [0.4, 0.5) is 11.4 Å². The van der Waals surface area contributed by atoms with E-state index >= 15 is 0 Å². The van der Waals surface area contributed by atoms with Crippen LogP contribution in [0.1, 0.15) is 25.8 Å². The molecule has 0 fully saturated rings. The number of carbonyl (C=O) groups excluding carboxylic acids is 2. The minimum Gasteiger partial charge on any atom is -0.493 e. The lowest BCUT2D eigenvalue weighted by atomic mass is 10.2. The number of amides is 2. The molecule has 0 saturated heterocycles. The van der Waals surface area contributed by atoms with E-state index in [-0.39, 0.29) is 11.8 Å². The molecule has 0 aliphatic rings. The Labute approximate surface area is 169 Å². The van der Waals surface area contributed by atoms with Gasteiger partial charge >= 0.3 is 0 Å². The van der Waals surface area contributed by atoms with Crippen LogP contribution in [0.3, 0.4) is 0 Å². The predicted molar refractivity (Wildman–Crippen MR) is 112 cm³/mol. The third-order valence-electron chi connectivity index (χ3n) is 3.58. The lowest BCUT2D eigenvalue weighted by molar-refractivity contribution is -0.114. The Hall–Kier alpha value is -2.99. The summed E-state index contributed by atoms with van der Waals surface area (Å²) in [6.07, 6.45) is 3.87. The van der Waals surface area contributed by atoms with Gasteiger partial charge in [0.25, 0.3) is 0 Å². The lowest BCUT2D eigenvalue weighted by Gasteiger charge is -2.12. The monoisotopic (exact) mass is 402 g/mol. The fourth-order valence-electron chi connectivity index (χ4n) is 2.41. The van der Waals surface area contributed by atoms with Gasteiger partial charge in [0.05, 0.1) is 18.7 Å². The number of hydrogen-bond donors (Lipinski definition) is 2. The van der Waals surface area contributed by atoms with Crippen LogP contribution >= 0.6 is 11.6 Å². The van der Waals surface area contributed by atoms with Crippen LogP contribution in [-0.4, -0.2) is 25.5 Å². The second-order valence-corrected chi connectivity index (χ2v) is 6.37. The summed E-state index contributed by atoms with van der Waals surface area (Å²) in [7, 11) is 1.53. The molecule has 0 atom stereocenters. The normalized spacial score (nSPS) is 10.6. The summed E-state index contributed by atoms with van der Waals surface area (Å²) < 4.78 is 10.9. The van der Waals surface area contributed by atoms with E-state index in [1.165, 1.54) is 20.1 Å². The predicted octanol–water partition coefficient (Wildman–Crippen LogP) is 4.75. The van der Waals surface area contributed by atoms with Gasteiger partial charge in [0.2, 0.25) is 11.8 Å². The molecule has 2 aromatic rings. The zero-order chi connectivity index (χ0) is 20.5. The zero-order valence-electron chi connectivity index (χ0n) is 16.0. The minimum atomic E-state index is -0.318. The third-order valence-corrected chi connectivity index (χ3v) is 3.86. The largest absolute Gasteiger partial charge is 0.493 e. The Kier molecular flexibility index (Phi) is 7.89. The molecule has 0 heterocycles. The van der Waals surface area contributed by atoms with Gasteiger partial charge in [-0.05, 0) is 48.4 Å². The summed E-state index contributed by atoms with van der Waals surface area (Å²) in [6, 6.07) is 10.3. The molecule has 7 heteroatoms. The number of hydrogen-bond acceptors (Lipinski definition) is 4. The highest BCUT2D eigenvalue weighted by atomic mass is 35.5. The summed E-state index contributed by atoms with van der Waals surface area (Å²) in [6.45, 7) is 3.96. The maximum Gasteiger partial charge on any atom is 0.248 e. The number of methoxy groups -OCH3 is 1. The standard InChI is InChI=1S/C21H23ClN2O4/c1-4-10-28-21-18(22)11-15(12-19(21)27-3)8-9-20(26)24-17-7-5-6-16(13-17)23-14(2)25/h5-9,11-13H,4,10H2,1-3H3,(H,23,25)(H,24,26)/b9-8+. The van der Waals surface area contributed by atoms with E-state index < -0.39 is 0 Å². The van der Waals surface area contributed by atoms with Gasteiger partial charge in [0.15, 0.2) is 11.5 Å². The molecule has 2 rings (SSSR count). The van der Waals surface area contributed by atoms with Gasteiger partial charge in [-0.2, -0.15) is 0 Å². The Morgan fingerprint density at radius 1 is 1.14 bits per heavy atom. The highest BCUT2D eigenvalue weighted by Crippen LogP contribution is 2.36. The number of ether oxygens (including phenoxy) is 2. The molecule has 6 nitrogen and oxygen atoms in total. The van der Waals surface area contributed by atoms with Crippen molar-refractivity contribution >= 4 is 40.9 Å². The molecule has 0 radical (unpaired) electrons. The highest BCUT2D eigenvalue weighted by Gasteiger charge is 2.11. The lowest BCUT2D eigenvalue weighted by Crippen LogP contribution is -2.09. The van der Waals surface area contributed by atoms with Crippen molar-refractivity contribution < 1.29 is 19.1 Å². The fraction of sp³-hybridized carbons (Fsp3) is 0.238. The maximum absolute atomic E-state index is 12.2. The van der Waals surface area contributed by atoms with E-state index in [4.69, 9.17) is 21.1 Å². The Morgan fingerprint density at radius 3 is 2.50 bits per heavy atom. The summed E-state index contributed by atoms with van der Waals surface area (Å²) in [5.41, 5.74) is 1.88. The number of anilines is 2. The van der Waals surface area contributed by atoms with Gasteiger partial charge in [-0.25, -0.2) is 0 Å². The van der Waals surface area contributed by atoms with Crippen molar-refractivity contribution in [2.75, 3.05) is 24.4 Å². The van der Waals surface area contributed by atoms with E-state index in [1.807, 2.05) is 6.92 Å². The molecule has 0 unspecified atom stereocenters. The summed E-state index contributed by atoms with van der Waals surface area (Å²) in [4.78, 5) is 23.3. The first-order valence-corrected chi connectivity index (χ1v) is 9.17. The van der Waals surface area contributed by atoms with Crippen molar-refractivity contribution in [2.24, 2.45) is 0 Å². The molecule has 0 saturated carbocycles. The van der Waals surface area contributed by atoms with Crippen LogP contribution in [0.5, 0.6) is 11.5 Å². The van der Waals surface area contributed by atoms with E-state index in [2.05, 4.69) is 10.6 Å². The highest BCUT2D eigenvalue weighted by molar-refractivity contribution is 6.32. The van der Waals surface area contributed by atoms with Crippen LogP contribution in [0.25, 0.3) is 6.08 Å². The van der Waals surface area contributed by atoms with Crippen molar-refractivity contribution in [1.82, 2.24) is 0 Å². The first-order valence-electron chi connectivity index (χ1n) is 8.80. The Bertz CT molecular complexity index is 881. The first-order chi connectivity index (χ1) is 13.4. The molecule has 2 N–H and O–H groups in total. The van der Waals surface area contributed by atoms with Gasteiger partial charge in [0.1, 0.15) is 0 Å². The molecular formula is C21H23ClN2O4. The van der Waals surface area contributed by atoms with Crippen LogP contribution in [0, 0.1) is 0 Å².